The summed E-state index contributed by atoms with van der Waals surface area (Å²) in [6.45, 7) is 11.7. The van der Waals surface area contributed by atoms with Gasteiger partial charge in [0.05, 0.1) is 6.61 Å². The summed E-state index contributed by atoms with van der Waals surface area (Å²) in [4.78, 5) is 11.7. The van der Waals surface area contributed by atoms with E-state index in [-0.39, 0.29) is 16.7 Å². The van der Waals surface area contributed by atoms with E-state index in [4.69, 9.17) is 15.2 Å². The molecule has 2 N–H and O–H groups in total. The summed E-state index contributed by atoms with van der Waals surface area (Å²) in [5.74, 6) is 1.03. The maximum absolute atomic E-state index is 11.7. The maximum atomic E-state index is 11.7. The Labute approximate surface area is 165 Å². The second kappa shape index (κ2) is 7.79. The molecule has 1 saturated carbocycles. The van der Waals surface area contributed by atoms with Crippen molar-refractivity contribution in [1.29, 1.82) is 0 Å². The van der Waals surface area contributed by atoms with E-state index in [0.29, 0.717) is 13.0 Å². The van der Waals surface area contributed by atoms with Crippen LogP contribution in [0.4, 0.5) is 4.79 Å². The molecule has 0 aromatic heterocycles. The number of hydrogen-bond acceptors (Lipinski definition) is 3. The molecule has 0 spiro atoms. The largest absolute Gasteiger partial charge is 0.493 e. The zero-order valence-corrected chi connectivity index (χ0v) is 18.2. The van der Waals surface area contributed by atoms with E-state index >= 15 is 0 Å². The van der Waals surface area contributed by atoms with Crippen molar-refractivity contribution in [2.75, 3.05) is 6.61 Å². The first kappa shape index (κ1) is 21.1. The Hall–Kier alpha value is -1.23. The molecule has 0 saturated heterocycles. The number of halogens is 1. The molecule has 4 nitrogen and oxygen atoms in total. The van der Waals surface area contributed by atoms with Crippen LogP contribution in [0.5, 0.6) is 5.75 Å². The summed E-state index contributed by atoms with van der Waals surface area (Å²) in [6, 6.07) is 7.76. The van der Waals surface area contributed by atoms with Crippen LogP contribution in [0.2, 0.25) is 0 Å². The highest BCUT2D eigenvalue weighted by atomic mass is 79.9. The SMILES string of the molecule is CC1(C)CCC(CCOc2ccc(Br)cc2)(OC(N)=O)C(C(C)(C)C)C1. The van der Waals surface area contributed by atoms with Gasteiger partial charge >= 0.3 is 6.09 Å². The minimum atomic E-state index is -0.692. The molecule has 2 unspecified atom stereocenters. The normalized spacial score (nSPS) is 25.5. The van der Waals surface area contributed by atoms with E-state index in [2.05, 4.69) is 50.5 Å². The van der Waals surface area contributed by atoms with E-state index in [0.717, 1.165) is 29.5 Å². The smallest absolute Gasteiger partial charge is 0.405 e. The molecule has 146 valence electrons. The average Bonchev–Trinajstić information content (AvgIpc) is 2.50. The Bertz CT molecular complexity index is 621. The maximum Gasteiger partial charge on any atom is 0.405 e. The number of ether oxygens (including phenoxy) is 2. The van der Waals surface area contributed by atoms with E-state index in [9.17, 15) is 4.79 Å². The minimum Gasteiger partial charge on any atom is -0.493 e. The monoisotopic (exact) mass is 425 g/mol. The van der Waals surface area contributed by atoms with Crippen molar-refractivity contribution >= 4 is 22.0 Å². The zero-order chi connectivity index (χ0) is 19.6. The second-order valence-electron chi connectivity index (χ2n) is 9.33. The summed E-state index contributed by atoms with van der Waals surface area (Å²) >= 11 is 3.43. The van der Waals surface area contributed by atoms with Gasteiger partial charge in [-0.15, -0.1) is 0 Å². The third-order valence-corrected chi connectivity index (χ3v) is 6.10. The molecule has 2 atom stereocenters. The summed E-state index contributed by atoms with van der Waals surface area (Å²) in [6.07, 6.45) is 2.77. The highest BCUT2D eigenvalue weighted by molar-refractivity contribution is 9.10. The van der Waals surface area contributed by atoms with Crippen LogP contribution in [0.1, 0.15) is 60.3 Å². The molecule has 2 rings (SSSR count). The molecule has 26 heavy (non-hydrogen) atoms. The number of primary amides is 1. The van der Waals surface area contributed by atoms with Crippen molar-refractivity contribution < 1.29 is 14.3 Å². The quantitative estimate of drug-likeness (QED) is 0.635. The molecule has 0 bridgehead atoms. The molecular weight excluding hydrogens is 394 g/mol. The second-order valence-corrected chi connectivity index (χ2v) is 10.2. The number of rotatable bonds is 5. The molecule has 0 radical (unpaired) electrons. The number of nitrogens with two attached hydrogens (primary N) is 1. The van der Waals surface area contributed by atoms with E-state index in [1.54, 1.807) is 0 Å². The van der Waals surface area contributed by atoms with Crippen LogP contribution in [0.3, 0.4) is 0 Å². The summed E-state index contributed by atoms with van der Waals surface area (Å²) in [7, 11) is 0. The first-order chi connectivity index (χ1) is 11.9. The lowest BCUT2D eigenvalue weighted by atomic mass is 9.56. The lowest BCUT2D eigenvalue weighted by Gasteiger charge is -2.53. The summed E-state index contributed by atoms with van der Waals surface area (Å²) in [5.41, 5.74) is 5.14. The van der Waals surface area contributed by atoms with Crippen molar-refractivity contribution in [2.24, 2.45) is 22.5 Å². The van der Waals surface area contributed by atoms with Gasteiger partial charge in [0.15, 0.2) is 0 Å². The molecule has 1 aromatic rings. The predicted octanol–water partition coefficient (Wildman–Crippen LogP) is 5.92. The number of benzene rings is 1. The Balaban J connectivity index is 2.19. The number of amides is 1. The molecule has 1 amide bonds. The molecule has 0 aliphatic heterocycles. The standard InChI is InChI=1S/C21H32BrNO3/c1-19(2,3)17-14-20(4,5)10-11-21(17,26-18(23)24)12-13-25-16-8-6-15(22)7-9-16/h6-9,17H,10-14H2,1-5H3,(H2,23,24). The van der Waals surface area contributed by atoms with Crippen LogP contribution in [-0.2, 0) is 4.74 Å². The first-order valence-electron chi connectivity index (χ1n) is 9.30. The van der Waals surface area contributed by atoms with Gasteiger partial charge in [0.25, 0.3) is 0 Å². The van der Waals surface area contributed by atoms with E-state index in [1.165, 1.54) is 0 Å². The van der Waals surface area contributed by atoms with E-state index < -0.39 is 11.7 Å². The van der Waals surface area contributed by atoms with Crippen LogP contribution in [0.15, 0.2) is 28.7 Å². The Morgan fingerprint density at radius 3 is 2.38 bits per heavy atom. The Morgan fingerprint density at radius 1 is 1.23 bits per heavy atom. The van der Waals surface area contributed by atoms with Gasteiger partial charge in [0, 0.05) is 16.8 Å². The van der Waals surface area contributed by atoms with Gasteiger partial charge < -0.3 is 15.2 Å². The molecule has 1 aliphatic rings. The van der Waals surface area contributed by atoms with Crippen molar-refractivity contribution in [2.45, 2.75) is 65.9 Å². The molecule has 1 fully saturated rings. The van der Waals surface area contributed by atoms with Gasteiger partial charge in [-0.2, -0.15) is 0 Å². The van der Waals surface area contributed by atoms with Crippen LogP contribution in [0, 0.1) is 16.7 Å². The average molecular weight is 426 g/mol. The number of hydrogen-bond donors (Lipinski definition) is 1. The zero-order valence-electron chi connectivity index (χ0n) is 16.6. The number of carbonyl (C=O) groups excluding carboxylic acids is 1. The van der Waals surface area contributed by atoms with E-state index in [1.807, 2.05) is 24.3 Å². The lowest BCUT2D eigenvalue weighted by molar-refractivity contribution is -0.126. The van der Waals surface area contributed by atoms with Crippen molar-refractivity contribution in [3.63, 3.8) is 0 Å². The van der Waals surface area contributed by atoms with Crippen LogP contribution in [0.25, 0.3) is 0 Å². The molecule has 1 aromatic carbocycles. The fraction of sp³-hybridized carbons (Fsp3) is 0.667. The van der Waals surface area contributed by atoms with Gasteiger partial charge in [0.1, 0.15) is 11.4 Å². The molecule has 1 aliphatic carbocycles. The highest BCUT2D eigenvalue weighted by Crippen LogP contribution is 2.53. The van der Waals surface area contributed by atoms with Gasteiger partial charge in [-0.1, -0.05) is 50.5 Å². The van der Waals surface area contributed by atoms with Gasteiger partial charge in [-0.3, -0.25) is 0 Å². The van der Waals surface area contributed by atoms with Crippen LogP contribution in [-0.4, -0.2) is 18.3 Å². The van der Waals surface area contributed by atoms with Gasteiger partial charge in [0.2, 0.25) is 0 Å². The third kappa shape index (κ3) is 5.38. The topological polar surface area (TPSA) is 61.6 Å². The molecule has 0 heterocycles. The van der Waals surface area contributed by atoms with Crippen LogP contribution >= 0.6 is 15.9 Å². The van der Waals surface area contributed by atoms with Crippen molar-refractivity contribution in [1.82, 2.24) is 0 Å². The molecule has 5 heteroatoms. The van der Waals surface area contributed by atoms with Gasteiger partial charge in [-0.05, 0) is 54.4 Å². The third-order valence-electron chi connectivity index (χ3n) is 5.57. The van der Waals surface area contributed by atoms with Crippen LogP contribution < -0.4 is 10.5 Å². The van der Waals surface area contributed by atoms with Gasteiger partial charge in [-0.25, -0.2) is 4.79 Å². The Kier molecular flexibility index (Phi) is 6.32. The van der Waals surface area contributed by atoms with Crippen molar-refractivity contribution in [3.8, 4) is 5.75 Å². The summed E-state index contributed by atoms with van der Waals surface area (Å²) in [5, 5.41) is 0. The Morgan fingerprint density at radius 2 is 1.85 bits per heavy atom. The number of carbonyl (C=O) groups is 1. The lowest BCUT2D eigenvalue weighted by Crippen LogP contribution is -2.54. The fourth-order valence-electron chi connectivity index (χ4n) is 4.21. The first-order valence-corrected chi connectivity index (χ1v) is 10.1. The van der Waals surface area contributed by atoms with Crippen molar-refractivity contribution in [3.05, 3.63) is 28.7 Å². The molecular formula is C21H32BrNO3. The predicted molar refractivity (Wildman–Crippen MR) is 108 cm³/mol. The fourth-order valence-corrected chi connectivity index (χ4v) is 4.47. The highest BCUT2D eigenvalue weighted by Gasteiger charge is 2.52. The minimum absolute atomic E-state index is 0.00471. The summed E-state index contributed by atoms with van der Waals surface area (Å²) < 4.78 is 12.8.